The highest BCUT2D eigenvalue weighted by atomic mass is 35.5. The van der Waals surface area contributed by atoms with Crippen molar-refractivity contribution in [1.82, 2.24) is 4.98 Å². The quantitative estimate of drug-likeness (QED) is 0.198. The number of nitriles is 1. The first-order valence-corrected chi connectivity index (χ1v) is 9.97. The molecule has 0 saturated carbocycles. The zero-order chi connectivity index (χ0) is 21.1. The highest BCUT2D eigenvalue weighted by Gasteiger charge is 2.12. The third-order valence-electron chi connectivity index (χ3n) is 4.27. The van der Waals surface area contributed by atoms with Crippen molar-refractivity contribution >= 4 is 40.3 Å². The van der Waals surface area contributed by atoms with Gasteiger partial charge in [0, 0.05) is 39.7 Å². The van der Waals surface area contributed by atoms with Gasteiger partial charge in [0.15, 0.2) is 0 Å². The molecule has 8 heteroatoms. The molecule has 2 heterocycles. The number of benzene rings is 2. The first kappa shape index (κ1) is 19.6. The SMILES string of the molecule is N#C/C(=C\c1ccc(-c2ccc(Cl)cc2)o1)c1nc(-c2ccc([N+](=O)[O-])cc2)cs1. The van der Waals surface area contributed by atoms with Crippen LogP contribution in [0.15, 0.2) is 70.5 Å². The van der Waals surface area contributed by atoms with E-state index in [9.17, 15) is 15.4 Å². The fourth-order valence-corrected chi connectivity index (χ4v) is 3.69. The number of allylic oxidation sites excluding steroid dienone is 1. The minimum Gasteiger partial charge on any atom is -0.457 e. The average Bonchev–Trinajstić information content (AvgIpc) is 3.43. The molecule has 0 aliphatic rings. The molecule has 0 N–H and O–H groups in total. The van der Waals surface area contributed by atoms with Gasteiger partial charge in [-0.15, -0.1) is 11.3 Å². The van der Waals surface area contributed by atoms with Crippen LogP contribution in [0.25, 0.3) is 34.2 Å². The van der Waals surface area contributed by atoms with Crippen LogP contribution in [0.5, 0.6) is 0 Å². The maximum absolute atomic E-state index is 10.8. The van der Waals surface area contributed by atoms with Crippen molar-refractivity contribution in [2.45, 2.75) is 0 Å². The average molecular weight is 434 g/mol. The Morgan fingerprint density at radius 1 is 1.10 bits per heavy atom. The lowest BCUT2D eigenvalue weighted by atomic mass is 10.1. The van der Waals surface area contributed by atoms with Crippen LogP contribution in [-0.4, -0.2) is 9.91 Å². The number of aromatic nitrogens is 1. The third-order valence-corrected chi connectivity index (χ3v) is 5.40. The monoisotopic (exact) mass is 433 g/mol. The molecule has 2 aromatic heterocycles. The molecule has 4 aromatic rings. The number of nitro benzene ring substituents is 1. The van der Waals surface area contributed by atoms with E-state index in [0.717, 1.165) is 11.1 Å². The zero-order valence-electron chi connectivity index (χ0n) is 15.3. The van der Waals surface area contributed by atoms with Crippen molar-refractivity contribution < 1.29 is 9.34 Å². The van der Waals surface area contributed by atoms with Crippen molar-refractivity contribution in [3.8, 4) is 28.7 Å². The van der Waals surface area contributed by atoms with E-state index in [-0.39, 0.29) is 5.69 Å². The summed E-state index contributed by atoms with van der Waals surface area (Å²) in [6.45, 7) is 0. The zero-order valence-corrected chi connectivity index (χ0v) is 16.9. The molecule has 0 aliphatic heterocycles. The van der Waals surface area contributed by atoms with Crippen molar-refractivity contribution in [2.75, 3.05) is 0 Å². The van der Waals surface area contributed by atoms with Gasteiger partial charge in [0.2, 0.25) is 0 Å². The maximum atomic E-state index is 10.8. The molecule has 6 nitrogen and oxygen atoms in total. The van der Waals surface area contributed by atoms with Gasteiger partial charge in [-0.3, -0.25) is 10.1 Å². The van der Waals surface area contributed by atoms with E-state index in [0.29, 0.717) is 32.8 Å². The Morgan fingerprint density at radius 2 is 1.80 bits per heavy atom. The predicted molar refractivity (Wildman–Crippen MR) is 117 cm³/mol. The standard InChI is InChI=1S/C22H12ClN3O3S/c23-17-5-1-15(2-6-17)21-10-9-19(29-21)11-16(12-24)22-25-20(13-30-22)14-3-7-18(8-4-14)26(27)28/h1-11,13H/b16-11+. The summed E-state index contributed by atoms with van der Waals surface area (Å²) in [4.78, 5) is 14.8. The molecule has 0 atom stereocenters. The minimum absolute atomic E-state index is 0.0149. The summed E-state index contributed by atoms with van der Waals surface area (Å²) in [5.41, 5.74) is 2.65. The van der Waals surface area contributed by atoms with Gasteiger partial charge in [-0.2, -0.15) is 5.26 Å². The molecule has 146 valence electrons. The van der Waals surface area contributed by atoms with Crippen LogP contribution >= 0.6 is 22.9 Å². The molecule has 30 heavy (non-hydrogen) atoms. The number of nitro groups is 1. The highest BCUT2D eigenvalue weighted by molar-refractivity contribution is 7.11. The minimum atomic E-state index is -0.450. The van der Waals surface area contributed by atoms with Gasteiger partial charge in [0.1, 0.15) is 22.6 Å². The summed E-state index contributed by atoms with van der Waals surface area (Å²) < 4.78 is 5.83. The Labute approximate surface area is 180 Å². The van der Waals surface area contributed by atoms with Gasteiger partial charge in [0.05, 0.1) is 16.2 Å². The normalized spacial score (nSPS) is 11.3. The number of hydrogen-bond donors (Lipinski definition) is 0. The summed E-state index contributed by atoms with van der Waals surface area (Å²) in [7, 11) is 0. The molecule has 0 aliphatic carbocycles. The van der Waals surface area contributed by atoms with Gasteiger partial charge >= 0.3 is 0 Å². The molecule has 0 unspecified atom stereocenters. The number of furan rings is 1. The van der Waals surface area contributed by atoms with E-state index in [1.54, 1.807) is 36.4 Å². The van der Waals surface area contributed by atoms with E-state index in [2.05, 4.69) is 11.1 Å². The van der Waals surface area contributed by atoms with Crippen molar-refractivity contribution in [2.24, 2.45) is 0 Å². The molecule has 2 aromatic carbocycles. The lowest BCUT2D eigenvalue weighted by Crippen LogP contribution is -1.87. The van der Waals surface area contributed by atoms with Crippen LogP contribution in [0, 0.1) is 21.4 Å². The number of thiazole rings is 1. The van der Waals surface area contributed by atoms with Crippen LogP contribution in [0.3, 0.4) is 0 Å². The number of non-ortho nitro benzene ring substituents is 1. The lowest BCUT2D eigenvalue weighted by molar-refractivity contribution is -0.384. The summed E-state index contributed by atoms with van der Waals surface area (Å²) in [6, 6.07) is 19.2. The molecule has 0 radical (unpaired) electrons. The Hall–Kier alpha value is -3.73. The van der Waals surface area contributed by atoms with Gasteiger partial charge in [0.25, 0.3) is 5.69 Å². The summed E-state index contributed by atoms with van der Waals surface area (Å²) in [5, 5.41) is 23.4. The third kappa shape index (κ3) is 4.15. The van der Waals surface area contributed by atoms with E-state index < -0.39 is 4.92 Å². The molecule has 0 amide bonds. The number of rotatable bonds is 5. The van der Waals surface area contributed by atoms with Crippen LogP contribution in [0.4, 0.5) is 5.69 Å². The second-order valence-electron chi connectivity index (χ2n) is 6.22. The van der Waals surface area contributed by atoms with Gasteiger partial charge in [-0.1, -0.05) is 11.6 Å². The molecule has 0 saturated heterocycles. The summed E-state index contributed by atoms with van der Waals surface area (Å²) >= 11 is 7.24. The lowest BCUT2D eigenvalue weighted by Gasteiger charge is -1.97. The number of hydrogen-bond acceptors (Lipinski definition) is 6. The maximum Gasteiger partial charge on any atom is 0.269 e. The predicted octanol–water partition coefficient (Wildman–Crippen LogP) is 6.70. The largest absolute Gasteiger partial charge is 0.457 e. The van der Waals surface area contributed by atoms with E-state index in [1.165, 1.54) is 23.5 Å². The molecule has 4 rings (SSSR count). The van der Waals surface area contributed by atoms with Gasteiger partial charge in [-0.05, 0) is 48.5 Å². The topological polar surface area (TPSA) is 93.0 Å². The Morgan fingerprint density at radius 3 is 2.47 bits per heavy atom. The van der Waals surface area contributed by atoms with Crippen molar-refractivity contribution in [3.63, 3.8) is 0 Å². The summed E-state index contributed by atoms with van der Waals surface area (Å²) in [5.74, 6) is 1.20. The first-order chi connectivity index (χ1) is 14.5. The molecule has 0 bridgehead atoms. The second-order valence-corrected chi connectivity index (χ2v) is 7.52. The van der Waals surface area contributed by atoms with Crippen LogP contribution < -0.4 is 0 Å². The van der Waals surface area contributed by atoms with Crippen molar-refractivity contribution in [3.05, 3.63) is 91.9 Å². The highest BCUT2D eigenvalue weighted by Crippen LogP contribution is 2.30. The number of halogens is 1. The fraction of sp³-hybridized carbons (Fsp3) is 0. The van der Waals surface area contributed by atoms with Crippen molar-refractivity contribution in [1.29, 1.82) is 5.26 Å². The molecular formula is C22H12ClN3O3S. The van der Waals surface area contributed by atoms with E-state index in [1.807, 2.05) is 23.6 Å². The Kier molecular flexibility index (Phi) is 5.44. The van der Waals surface area contributed by atoms with Crippen LogP contribution in [0.1, 0.15) is 10.8 Å². The molecular weight excluding hydrogens is 422 g/mol. The van der Waals surface area contributed by atoms with Crippen LogP contribution in [-0.2, 0) is 0 Å². The number of nitrogens with zero attached hydrogens (tertiary/aromatic N) is 3. The molecule has 0 fully saturated rings. The van der Waals surface area contributed by atoms with E-state index in [4.69, 9.17) is 16.0 Å². The van der Waals surface area contributed by atoms with E-state index >= 15 is 0 Å². The summed E-state index contributed by atoms with van der Waals surface area (Å²) in [6.07, 6.45) is 1.64. The Balaban J connectivity index is 1.59. The van der Waals surface area contributed by atoms with Crippen LogP contribution in [0.2, 0.25) is 5.02 Å². The first-order valence-electron chi connectivity index (χ1n) is 8.72. The van der Waals surface area contributed by atoms with Gasteiger partial charge in [-0.25, -0.2) is 4.98 Å². The fourth-order valence-electron chi connectivity index (χ4n) is 2.77. The second kappa shape index (κ2) is 8.33. The molecule has 0 spiro atoms. The van der Waals surface area contributed by atoms with Gasteiger partial charge < -0.3 is 4.42 Å². The smallest absolute Gasteiger partial charge is 0.269 e. The Bertz CT molecular complexity index is 1280.